The first-order valence-corrected chi connectivity index (χ1v) is 5.95. The van der Waals surface area contributed by atoms with E-state index in [4.69, 9.17) is 5.73 Å². The Morgan fingerprint density at radius 3 is 2.82 bits per heavy atom. The molecular formula is C12H22N4O. The maximum atomic E-state index is 12.0. The Morgan fingerprint density at radius 1 is 1.71 bits per heavy atom. The van der Waals surface area contributed by atoms with Gasteiger partial charge >= 0.3 is 0 Å². The van der Waals surface area contributed by atoms with Crippen LogP contribution in [-0.4, -0.2) is 21.2 Å². The predicted octanol–water partition coefficient (Wildman–Crippen LogP) is 1.11. The molecule has 1 aromatic heterocycles. The highest BCUT2D eigenvalue weighted by molar-refractivity contribution is 5.85. The van der Waals surface area contributed by atoms with Crippen molar-refractivity contribution in [2.45, 2.75) is 45.2 Å². The van der Waals surface area contributed by atoms with Gasteiger partial charge in [-0.15, -0.1) is 0 Å². The summed E-state index contributed by atoms with van der Waals surface area (Å²) in [5.74, 6) is -0.115. The average Bonchev–Trinajstić information content (AvgIpc) is 2.64. The van der Waals surface area contributed by atoms with E-state index in [9.17, 15) is 4.79 Å². The number of hydrogen-bond acceptors (Lipinski definition) is 3. The average molecular weight is 238 g/mol. The fourth-order valence-electron chi connectivity index (χ4n) is 1.74. The summed E-state index contributed by atoms with van der Waals surface area (Å²) in [6.07, 6.45) is 5.21. The molecule has 96 valence electrons. The van der Waals surface area contributed by atoms with Crippen LogP contribution in [0.5, 0.6) is 0 Å². The molecule has 5 nitrogen and oxygen atoms in total. The Kier molecular flexibility index (Phi) is 4.28. The van der Waals surface area contributed by atoms with Crippen molar-refractivity contribution in [2.75, 3.05) is 0 Å². The van der Waals surface area contributed by atoms with Crippen LogP contribution in [0.2, 0.25) is 0 Å². The lowest BCUT2D eigenvalue weighted by Crippen LogP contribution is -2.51. The molecule has 0 saturated heterocycles. The van der Waals surface area contributed by atoms with Gasteiger partial charge in [-0.25, -0.2) is 0 Å². The van der Waals surface area contributed by atoms with Crippen molar-refractivity contribution >= 4 is 5.91 Å². The van der Waals surface area contributed by atoms with Gasteiger partial charge in [-0.2, -0.15) is 5.10 Å². The molecule has 1 rings (SSSR count). The maximum Gasteiger partial charge on any atom is 0.240 e. The third kappa shape index (κ3) is 3.56. The van der Waals surface area contributed by atoms with Crippen LogP contribution in [0.15, 0.2) is 12.4 Å². The van der Waals surface area contributed by atoms with Gasteiger partial charge in [0.05, 0.1) is 17.8 Å². The molecule has 2 unspecified atom stereocenters. The van der Waals surface area contributed by atoms with Crippen molar-refractivity contribution < 1.29 is 4.79 Å². The normalized spacial score (nSPS) is 16.3. The van der Waals surface area contributed by atoms with Crippen LogP contribution in [0, 0.1) is 0 Å². The molecule has 0 saturated carbocycles. The predicted molar refractivity (Wildman–Crippen MR) is 67.3 cm³/mol. The Morgan fingerprint density at radius 2 is 2.35 bits per heavy atom. The summed E-state index contributed by atoms with van der Waals surface area (Å²) >= 11 is 0. The Balaban J connectivity index is 2.63. The quantitative estimate of drug-likeness (QED) is 0.807. The molecule has 0 aliphatic rings. The second-order valence-electron chi connectivity index (χ2n) is 4.81. The molecule has 0 radical (unpaired) electrons. The number of nitrogens with two attached hydrogens (primary N) is 1. The van der Waals surface area contributed by atoms with Gasteiger partial charge in [-0.3, -0.25) is 9.48 Å². The van der Waals surface area contributed by atoms with Gasteiger partial charge in [0.25, 0.3) is 0 Å². The molecule has 17 heavy (non-hydrogen) atoms. The molecule has 5 heteroatoms. The highest BCUT2D eigenvalue weighted by Crippen LogP contribution is 2.14. The first-order valence-electron chi connectivity index (χ1n) is 5.95. The lowest BCUT2D eigenvalue weighted by Gasteiger charge is -2.25. The Bertz CT molecular complexity index is 384. The van der Waals surface area contributed by atoms with Gasteiger partial charge in [0.15, 0.2) is 0 Å². The van der Waals surface area contributed by atoms with Crippen LogP contribution in [-0.2, 0) is 11.8 Å². The van der Waals surface area contributed by atoms with Crippen LogP contribution in [0.1, 0.15) is 45.2 Å². The number of nitrogens with one attached hydrogen (secondary N) is 1. The largest absolute Gasteiger partial charge is 0.348 e. The summed E-state index contributed by atoms with van der Waals surface area (Å²) in [5.41, 5.74) is 6.15. The van der Waals surface area contributed by atoms with Crippen molar-refractivity contribution in [3.05, 3.63) is 18.0 Å². The summed E-state index contributed by atoms with van der Waals surface area (Å²) in [6.45, 7) is 5.71. The summed E-state index contributed by atoms with van der Waals surface area (Å²) < 4.78 is 1.71. The zero-order chi connectivity index (χ0) is 13.1. The fraction of sp³-hybridized carbons (Fsp3) is 0.667. The van der Waals surface area contributed by atoms with Gasteiger partial charge in [0, 0.05) is 18.8 Å². The zero-order valence-electron chi connectivity index (χ0n) is 11.0. The number of hydrogen-bond donors (Lipinski definition) is 2. The first kappa shape index (κ1) is 13.7. The number of aryl methyl sites for hydroxylation is 1. The minimum Gasteiger partial charge on any atom is -0.348 e. The SMILES string of the molecule is CCCC(C)(N)C(=O)NC(C)c1cnn(C)c1. The Labute approximate surface area is 102 Å². The zero-order valence-corrected chi connectivity index (χ0v) is 11.0. The van der Waals surface area contributed by atoms with E-state index in [0.717, 1.165) is 12.0 Å². The van der Waals surface area contributed by atoms with Crippen molar-refractivity contribution in [1.29, 1.82) is 0 Å². The molecule has 0 spiro atoms. The fourth-order valence-corrected chi connectivity index (χ4v) is 1.74. The van der Waals surface area contributed by atoms with E-state index in [0.29, 0.717) is 6.42 Å². The molecule has 1 amide bonds. The number of nitrogens with zero attached hydrogens (tertiary/aromatic N) is 2. The molecule has 0 aliphatic heterocycles. The third-order valence-corrected chi connectivity index (χ3v) is 2.86. The van der Waals surface area contributed by atoms with Crippen LogP contribution in [0.4, 0.5) is 0 Å². The monoisotopic (exact) mass is 238 g/mol. The molecular weight excluding hydrogens is 216 g/mol. The van der Waals surface area contributed by atoms with Crippen molar-refractivity contribution in [3.63, 3.8) is 0 Å². The minimum absolute atomic E-state index is 0.0732. The standard InChI is InChI=1S/C12H22N4O/c1-5-6-12(3,13)11(17)15-9(2)10-7-14-16(4)8-10/h7-9H,5-6,13H2,1-4H3,(H,15,17). The first-order chi connectivity index (χ1) is 7.86. The van der Waals surface area contributed by atoms with Crippen molar-refractivity contribution in [1.82, 2.24) is 15.1 Å². The molecule has 2 atom stereocenters. The molecule has 1 heterocycles. The Hall–Kier alpha value is -1.36. The highest BCUT2D eigenvalue weighted by Gasteiger charge is 2.28. The molecule has 1 aromatic rings. The topological polar surface area (TPSA) is 72.9 Å². The second-order valence-corrected chi connectivity index (χ2v) is 4.81. The van der Waals surface area contributed by atoms with Gasteiger partial charge in [0.2, 0.25) is 5.91 Å². The van der Waals surface area contributed by atoms with Crippen LogP contribution < -0.4 is 11.1 Å². The molecule has 0 aliphatic carbocycles. The minimum atomic E-state index is -0.800. The smallest absolute Gasteiger partial charge is 0.240 e. The molecule has 3 N–H and O–H groups in total. The summed E-state index contributed by atoms with van der Waals surface area (Å²) in [6, 6.07) is -0.0732. The van der Waals surface area contributed by atoms with Crippen molar-refractivity contribution in [3.8, 4) is 0 Å². The van der Waals surface area contributed by atoms with Gasteiger partial charge in [-0.1, -0.05) is 13.3 Å². The second kappa shape index (κ2) is 5.31. The third-order valence-electron chi connectivity index (χ3n) is 2.86. The van der Waals surface area contributed by atoms with Crippen molar-refractivity contribution in [2.24, 2.45) is 12.8 Å². The number of rotatable bonds is 5. The van der Waals surface area contributed by atoms with E-state index in [1.54, 1.807) is 17.8 Å². The summed E-state index contributed by atoms with van der Waals surface area (Å²) in [5, 5.41) is 6.99. The number of amides is 1. The summed E-state index contributed by atoms with van der Waals surface area (Å²) in [7, 11) is 1.85. The van der Waals surface area contributed by atoms with E-state index >= 15 is 0 Å². The number of carbonyl (C=O) groups is 1. The van der Waals surface area contributed by atoms with Crippen LogP contribution in [0.3, 0.4) is 0 Å². The lowest BCUT2D eigenvalue weighted by molar-refractivity contribution is -0.126. The lowest BCUT2D eigenvalue weighted by atomic mass is 9.96. The summed E-state index contributed by atoms with van der Waals surface area (Å²) in [4.78, 5) is 12.0. The van der Waals surface area contributed by atoms with E-state index < -0.39 is 5.54 Å². The van der Waals surface area contributed by atoms with Gasteiger partial charge in [0.1, 0.15) is 0 Å². The van der Waals surface area contributed by atoms with E-state index in [-0.39, 0.29) is 11.9 Å². The molecule has 0 fully saturated rings. The van der Waals surface area contributed by atoms with Gasteiger partial charge in [-0.05, 0) is 20.3 Å². The van der Waals surface area contributed by atoms with Crippen LogP contribution in [0.25, 0.3) is 0 Å². The van der Waals surface area contributed by atoms with E-state index in [1.165, 1.54) is 0 Å². The highest BCUT2D eigenvalue weighted by atomic mass is 16.2. The van der Waals surface area contributed by atoms with E-state index in [2.05, 4.69) is 10.4 Å². The molecule has 0 bridgehead atoms. The van der Waals surface area contributed by atoms with Crippen LogP contribution >= 0.6 is 0 Å². The molecule has 0 aromatic carbocycles. The maximum absolute atomic E-state index is 12.0. The number of carbonyl (C=O) groups excluding carboxylic acids is 1. The number of aromatic nitrogens is 2. The van der Waals surface area contributed by atoms with E-state index in [1.807, 2.05) is 27.1 Å². The van der Waals surface area contributed by atoms with Gasteiger partial charge < -0.3 is 11.1 Å².